The number of hydrogen-bond donors (Lipinski definition) is 1. The number of likely N-dealkylation sites (tertiary alicyclic amines) is 2. The third-order valence-corrected chi connectivity index (χ3v) is 6.71. The highest BCUT2D eigenvalue weighted by Crippen LogP contribution is 2.36. The number of benzene rings is 1. The second-order valence-electron chi connectivity index (χ2n) is 9.79. The van der Waals surface area contributed by atoms with Gasteiger partial charge in [-0.15, -0.1) is 0 Å². The van der Waals surface area contributed by atoms with Gasteiger partial charge in [0.2, 0.25) is 0 Å². The standard InChI is InChI=1S/C23H35ClN2O3/c1-22(2,3)29-21(28)25-15-11-23(4,12-16-25)26-13-9-18(10-14-26)20(27)17-5-7-19(24)8-6-17/h5-8,18,20,27H,9-16H2,1-4H3. The van der Waals surface area contributed by atoms with Gasteiger partial charge in [0, 0.05) is 23.7 Å². The third kappa shape index (κ3) is 5.65. The van der Waals surface area contributed by atoms with Gasteiger partial charge in [-0.25, -0.2) is 4.79 Å². The van der Waals surface area contributed by atoms with Crippen LogP contribution in [0.1, 0.15) is 65.0 Å². The Bertz CT molecular complexity index is 685. The van der Waals surface area contributed by atoms with Crippen LogP contribution in [0.2, 0.25) is 5.02 Å². The predicted molar refractivity (Wildman–Crippen MR) is 116 cm³/mol. The summed E-state index contributed by atoms with van der Waals surface area (Å²) in [5.74, 6) is 0.276. The molecule has 5 nitrogen and oxygen atoms in total. The van der Waals surface area contributed by atoms with Gasteiger partial charge in [0.15, 0.2) is 0 Å². The van der Waals surface area contributed by atoms with Gasteiger partial charge in [-0.1, -0.05) is 23.7 Å². The minimum absolute atomic E-state index is 0.106. The largest absolute Gasteiger partial charge is 0.444 e. The van der Waals surface area contributed by atoms with Crippen LogP contribution in [0.5, 0.6) is 0 Å². The summed E-state index contributed by atoms with van der Waals surface area (Å²) in [6.07, 6.45) is 3.23. The number of carbonyl (C=O) groups excluding carboxylic acids is 1. The number of halogens is 1. The molecular weight excluding hydrogens is 388 g/mol. The highest BCUT2D eigenvalue weighted by atomic mass is 35.5. The molecule has 1 N–H and O–H groups in total. The molecule has 3 rings (SSSR count). The maximum absolute atomic E-state index is 12.3. The molecule has 0 aromatic heterocycles. The van der Waals surface area contributed by atoms with Gasteiger partial charge >= 0.3 is 6.09 Å². The van der Waals surface area contributed by atoms with Crippen molar-refractivity contribution in [2.75, 3.05) is 26.2 Å². The lowest BCUT2D eigenvalue weighted by atomic mass is 9.82. The Kier molecular flexibility index (Phi) is 6.81. The number of hydrogen-bond acceptors (Lipinski definition) is 4. The lowest BCUT2D eigenvalue weighted by Crippen LogP contribution is -2.57. The lowest BCUT2D eigenvalue weighted by Gasteiger charge is -2.49. The van der Waals surface area contributed by atoms with Crippen LogP contribution in [-0.4, -0.2) is 58.3 Å². The van der Waals surface area contributed by atoms with E-state index in [1.165, 1.54) is 0 Å². The summed E-state index contributed by atoms with van der Waals surface area (Å²) in [6, 6.07) is 7.53. The van der Waals surface area contributed by atoms with E-state index in [9.17, 15) is 9.90 Å². The first kappa shape index (κ1) is 22.4. The van der Waals surface area contributed by atoms with Crippen molar-refractivity contribution in [2.24, 2.45) is 5.92 Å². The van der Waals surface area contributed by atoms with E-state index in [-0.39, 0.29) is 17.6 Å². The van der Waals surface area contributed by atoms with Crippen molar-refractivity contribution in [3.8, 4) is 0 Å². The summed E-state index contributed by atoms with van der Waals surface area (Å²) in [5, 5.41) is 11.5. The van der Waals surface area contributed by atoms with Crippen LogP contribution < -0.4 is 0 Å². The number of piperidine rings is 2. The number of amides is 1. The second-order valence-corrected chi connectivity index (χ2v) is 10.2. The van der Waals surface area contributed by atoms with Crippen LogP contribution in [0.3, 0.4) is 0 Å². The molecule has 2 aliphatic heterocycles. The van der Waals surface area contributed by atoms with E-state index < -0.39 is 11.7 Å². The van der Waals surface area contributed by atoms with Gasteiger partial charge in [0.1, 0.15) is 5.60 Å². The van der Waals surface area contributed by atoms with Gasteiger partial charge in [0.25, 0.3) is 0 Å². The first-order valence-electron chi connectivity index (χ1n) is 10.7. The summed E-state index contributed by atoms with van der Waals surface area (Å²) in [6.45, 7) is 11.5. The Morgan fingerprint density at radius 3 is 2.21 bits per heavy atom. The van der Waals surface area contributed by atoms with Crippen molar-refractivity contribution < 1.29 is 14.6 Å². The molecule has 1 aromatic rings. The highest BCUT2D eigenvalue weighted by Gasteiger charge is 2.40. The summed E-state index contributed by atoms with van der Waals surface area (Å²) in [4.78, 5) is 16.7. The van der Waals surface area contributed by atoms with Crippen LogP contribution in [0.25, 0.3) is 0 Å². The molecule has 1 aromatic carbocycles. The van der Waals surface area contributed by atoms with Crippen LogP contribution in [0.4, 0.5) is 4.79 Å². The monoisotopic (exact) mass is 422 g/mol. The van der Waals surface area contributed by atoms with Crippen LogP contribution >= 0.6 is 11.6 Å². The molecule has 0 radical (unpaired) electrons. The smallest absolute Gasteiger partial charge is 0.410 e. The molecular formula is C23H35ClN2O3. The lowest BCUT2D eigenvalue weighted by molar-refractivity contribution is -0.0222. The second kappa shape index (κ2) is 8.83. The maximum atomic E-state index is 12.3. The van der Waals surface area contributed by atoms with Gasteiger partial charge in [-0.2, -0.15) is 0 Å². The SMILES string of the molecule is CC(C)(C)OC(=O)N1CCC(C)(N2CCC(C(O)c3ccc(Cl)cc3)CC2)CC1. The van der Waals surface area contributed by atoms with Crippen LogP contribution in [0.15, 0.2) is 24.3 Å². The number of aliphatic hydroxyl groups is 1. The van der Waals surface area contributed by atoms with Crippen LogP contribution in [0, 0.1) is 5.92 Å². The van der Waals surface area contributed by atoms with Gasteiger partial charge < -0.3 is 14.7 Å². The minimum atomic E-state index is -0.454. The number of rotatable bonds is 3. The Balaban J connectivity index is 1.50. The molecule has 2 fully saturated rings. The molecule has 162 valence electrons. The van der Waals surface area contributed by atoms with Crippen molar-refractivity contribution in [1.82, 2.24) is 9.80 Å². The van der Waals surface area contributed by atoms with Crippen molar-refractivity contribution in [3.05, 3.63) is 34.9 Å². The van der Waals surface area contributed by atoms with Gasteiger partial charge in [-0.05, 0) is 90.1 Å². The topological polar surface area (TPSA) is 53.0 Å². The summed E-state index contributed by atoms with van der Waals surface area (Å²) in [5.41, 5.74) is 0.601. The summed E-state index contributed by atoms with van der Waals surface area (Å²) < 4.78 is 5.52. The number of ether oxygens (including phenoxy) is 1. The average Bonchev–Trinajstić information content (AvgIpc) is 2.67. The zero-order valence-corrected chi connectivity index (χ0v) is 18.9. The highest BCUT2D eigenvalue weighted by molar-refractivity contribution is 6.30. The molecule has 2 heterocycles. The molecule has 1 amide bonds. The van der Waals surface area contributed by atoms with Crippen molar-refractivity contribution in [3.63, 3.8) is 0 Å². The maximum Gasteiger partial charge on any atom is 0.410 e. The molecule has 6 heteroatoms. The zero-order chi connectivity index (χ0) is 21.2. The minimum Gasteiger partial charge on any atom is -0.444 e. The van der Waals surface area contributed by atoms with Crippen LogP contribution in [-0.2, 0) is 4.74 Å². The number of aliphatic hydroxyl groups excluding tert-OH is 1. The Morgan fingerprint density at radius 2 is 1.69 bits per heavy atom. The molecule has 0 bridgehead atoms. The summed E-state index contributed by atoms with van der Waals surface area (Å²) in [7, 11) is 0. The molecule has 0 aliphatic carbocycles. The number of nitrogens with zero attached hydrogens (tertiary/aromatic N) is 2. The Hall–Kier alpha value is -1.30. The van der Waals surface area contributed by atoms with Crippen molar-refractivity contribution in [1.29, 1.82) is 0 Å². The van der Waals surface area contributed by atoms with Gasteiger partial charge in [0.05, 0.1) is 6.10 Å². The molecule has 2 aliphatic rings. The first-order chi connectivity index (χ1) is 13.6. The Labute approximate surface area is 180 Å². The van der Waals surface area contributed by atoms with E-state index in [1.807, 2.05) is 49.9 Å². The average molecular weight is 423 g/mol. The fourth-order valence-electron chi connectivity index (χ4n) is 4.50. The van der Waals surface area contributed by atoms with Gasteiger partial charge in [-0.3, -0.25) is 4.90 Å². The first-order valence-corrected chi connectivity index (χ1v) is 11.1. The molecule has 1 unspecified atom stereocenters. The van der Waals surface area contributed by atoms with E-state index in [4.69, 9.17) is 16.3 Å². The van der Waals surface area contributed by atoms with E-state index in [2.05, 4.69) is 11.8 Å². The van der Waals surface area contributed by atoms with Crippen molar-refractivity contribution >= 4 is 17.7 Å². The normalized spacial score (nSPS) is 22.3. The van der Waals surface area contributed by atoms with E-state index >= 15 is 0 Å². The fourth-order valence-corrected chi connectivity index (χ4v) is 4.63. The molecule has 1 atom stereocenters. The third-order valence-electron chi connectivity index (χ3n) is 6.45. The van der Waals surface area contributed by atoms with E-state index in [0.29, 0.717) is 5.02 Å². The zero-order valence-electron chi connectivity index (χ0n) is 18.2. The van der Waals surface area contributed by atoms with E-state index in [0.717, 1.165) is 57.4 Å². The molecule has 29 heavy (non-hydrogen) atoms. The fraction of sp³-hybridized carbons (Fsp3) is 0.696. The van der Waals surface area contributed by atoms with Crippen molar-refractivity contribution in [2.45, 2.75) is 70.6 Å². The number of carbonyl (C=O) groups is 1. The molecule has 0 spiro atoms. The molecule has 2 saturated heterocycles. The van der Waals surface area contributed by atoms with E-state index in [1.54, 1.807) is 0 Å². The predicted octanol–water partition coefficient (Wildman–Crippen LogP) is 4.88. The summed E-state index contributed by atoms with van der Waals surface area (Å²) >= 11 is 5.96. The Morgan fingerprint density at radius 1 is 1.14 bits per heavy atom. The molecule has 0 saturated carbocycles. The quantitative estimate of drug-likeness (QED) is 0.754.